The van der Waals surface area contributed by atoms with E-state index in [1.54, 1.807) is 0 Å². The lowest BCUT2D eigenvalue weighted by Crippen LogP contribution is -2.39. The molecule has 4 heteroatoms. The van der Waals surface area contributed by atoms with E-state index in [0.717, 1.165) is 16.9 Å². The van der Waals surface area contributed by atoms with E-state index in [9.17, 15) is 10.2 Å². The molecule has 0 saturated carbocycles. The molecular weight excluding hydrogens is 290 g/mol. The Morgan fingerprint density at radius 3 is 2.48 bits per heavy atom. The van der Waals surface area contributed by atoms with E-state index in [4.69, 9.17) is 4.74 Å². The second kappa shape index (κ2) is 8.67. The minimum Gasteiger partial charge on any atom is -0.491 e. The number of hydrogen-bond acceptors (Lipinski definition) is 4. The second-order valence-corrected chi connectivity index (χ2v) is 5.83. The molecule has 0 aromatic heterocycles. The average Bonchev–Trinajstić information content (AvgIpc) is 2.58. The lowest BCUT2D eigenvalue weighted by molar-refractivity contribution is 0.0876. The van der Waals surface area contributed by atoms with Crippen molar-refractivity contribution in [3.63, 3.8) is 0 Å². The number of ether oxygens (including phenoxy) is 1. The van der Waals surface area contributed by atoms with E-state index >= 15 is 0 Å². The smallest absolute Gasteiger partial charge is 0.119 e. The van der Waals surface area contributed by atoms with Crippen molar-refractivity contribution in [2.75, 3.05) is 13.2 Å². The quantitative estimate of drug-likeness (QED) is 0.700. The van der Waals surface area contributed by atoms with Crippen molar-refractivity contribution in [1.82, 2.24) is 5.32 Å². The van der Waals surface area contributed by atoms with E-state index in [1.807, 2.05) is 68.4 Å². The van der Waals surface area contributed by atoms with Gasteiger partial charge in [-0.05, 0) is 37.1 Å². The number of nitrogens with one attached hydrogen (secondary N) is 1. The molecule has 0 aliphatic rings. The Bertz CT molecular complexity index is 588. The van der Waals surface area contributed by atoms with Crippen LogP contribution in [0.15, 0.2) is 54.6 Å². The first kappa shape index (κ1) is 17.5. The van der Waals surface area contributed by atoms with E-state index in [2.05, 4.69) is 5.32 Å². The monoisotopic (exact) mass is 315 g/mol. The maximum Gasteiger partial charge on any atom is 0.119 e. The highest BCUT2D eigenvalue weighted by atomic mass is 16.5. The maximum atomic E-state index is 10.3. The first-order valence-electron chi connectivity index (χ1n) is 7.90. The van der Waals surface area contributed by atoms with E-state index in [0.29, 0.717) is 6.54 Å². The Hall–Kier alpha value is -1.88. The number of benzene rings is 2. The number of aryl methyl sites for hydroxylation is 1. The molecule has 0 amide bonds. The maximum absolute atomic E-state index is 10.3. The third-order valence-corrected chi connectivity index (χ3v) is 3.72. The standard InChI is InChI=1S/C19H25NO3/c1-14-7-6-10-18(11-14)23-13-17(21)12-20-15(2)19(22)16-8-4-3-5-9-16/h3-11,15,17,19-22H,12-13H2,1-2H3/t15-,17-,19-/m1/s1. The average molecular weight is 315 g/mol. The van der Waals surface area contributed by atoms with Crippen molar-refractivity contribution in [2.24, 2.45) is 0 Å². The third-order valence-electron chi connectivity index (χ3n) is 3.72. The zero-order valence-corrected chi connectivity index (χ0v) is 13.6. The molecule has 3 atom stereocenters. The summed E-state index contributed by atoms with van der Waals surface area (Å²) in [5.74, 6) is 0.751. The Balaban J connectivity index is 1.74. The van der Waals surface area contributed by atoms with Crippen molar-refractivity contribution in [1.29, 1.82) is 0 Å². The second-order valence-electron chi connectivity index (χ2n) is 5.83. The van der Waals surface area contributed by atoms with Gasteiger partial charge in [0, 0.05) is 12.6 Å². The summed E-state index contributed by atoms with van der Waals surface area (Å²) in [4.78, 5) is 0. The SMILES string of the molecule is Cc1cccc(OC[C@H](O)CN[C@H](C)[C@@H](O)c2ccccc2)c1. The molecule has 0 radical (unpaired) electrons. The van der Waals surface area contributed by atoms with Crippen molar-refractivity contribution in [3.8, 4) is 5.75 Å². The Labute approximate surface area is 137 Å². The minimum absolute atomic E-state index is 0.161. The highest BCUT2D eigenvalue weighted by molar-refractivity contribution is 5.27. The van der Waals surface area contributed by atoms with Crippen LogP contribution < -0.4 is 10.1 Å². The van der Waals surface area contributed by atoms with Crippen LogP contribution in [-0.4, -0.2) is 35.5 Å². The highest BCUT2D eigenvalue weighted by Crippen LogP contribution is 2.16. The van der Waals surface area contributed by atoms with Gasteiger partial charge in [0.05, 0.1) is 6.10 Å². The largest absolute Gasteiger partial charge is 0.491 e. The van der Waals surface area contributed by atoms with Crippen LogP contribution in [0.2, 0.25) is 0 Å². The van der Waals surface area contributed by atoms with Crippen molar-refractivity contribution < 1.29 is 14.9 Å². The van der Waals surface area contributed by atoms with Gasteiger partial charge >= 0.3 is 0 Å². The van der Waals surface area contributed by atoms with Crippen LogP contribution in [0.1, 0.15) is 24.2 Å². The molecule has 0 aliphatic heterocycles. The number of hydrogen-bond donors (Lipinski definition) is 3. The van der Waals surface area contributed by atoms with Crippen molar-refractivity contribution in [2.45, 2.75) is 32.1 Å². The zero-order chi connectivity index (χ0) is 16.7. The van der Waals surface area contributed by atoms with Gasteiger partial charge in [-0.15, -0.1) is 0 Å². The molecule has 3 N–H and O–H groups in total. The van der Waals surface area contributed by atoms with Crippen LogP contribution in [0, 0.1) is 6.92 Å². The summed E-state index contributed by atoms with van der Waals surface area (Å²) in [6.45, 7) is 4.46. The fourth-order valence-electron chi connectivity index (χ4n) is 2.33. The Morgan fingerprint density at radius 2 is 1.78 bits per heavy atom. The van der Waals surface area contributed by atoms with Crippen molar-refractivity contribution in [3.05, 3.63) is 65.7 Å². The Kier molecular flexibility index (Phi) is 6.59. The lowest BCUT2D eigenvalue weighted by atomic mass is 10.0. The van der Waals surface area contributed by atoms with Gasteiger partial charge in [0.2, 0.25) is 0 Å². The summed E-state index contributed by atoms with van der Waals surface area (Å²) in [7, 11) is 0. The van der Waals surface area contributed by atoms with Crippen LogP contribution in [-0.2, 0) is 0 Å². The summed E-state index contributed by atoms with van der Waals surface area (Å²) >= 11 is 0. The van der Waals surface area contributed by atoms with Crippen LogP contribution in [0.3, 0.4) is 0 Å². The molecule has 2 aromatic rings. The summed E-state index contributed by atoms with van der Waals surface area (Å²) < 4.78 is 5.57. The zero-order valence-electron chi connectivity index (χ0n) is 13.6. The molecule has 0 heterocycles. The van der Waals surface area contributed by atoms with Gasteiger partial charge in [0.15, 0.2) is 0 Å². The van der Waals surface area contributed by atoms with Gasteiger partial charge in [-0.3, -0.25) is 0 Å². The Morgan fingerprint density at radius 1 is 1.04 bits per heavy atom. The molecule has 124 valence electrons. The van der Waals surface area contributed by atoms with Gasteiger partial charge in [-0.1, -0.05) is 42.5 Å². The summed E-state index contributed by atoms with van der Waals surface area (Å²) in [6.07, 6.45) is -1.25. The van der Waals surface area contributed by atoms with E-state index in [-0.39, 0.29) is 12.6 Å². The number of aliphatic hydroxyl groups excluding tert-OH is 2. The van der Waals surface area contributed by atoms with Crippen LogP contribution in [0.25, 0.3) is 0 Å². The summed E-state index contributed by atoms with van der Waals surface area (Å²) in [5, 5.41) is 23.4. The van der Waals surface area contributed by atoms with Gasteiger partial charge < -0.3 is 20.3 Å². The predicted octanol–water partition coefficient (Wildman–Crippen LogP) is 2.45. The normalized spacial score (nSPS) is 15.0. The van der Waals surface area contributed by atoms with E-state index in [1.165, 1.54) is 0 Å². The lowest BCUT2D eigenvalue weighted by Gasteiger charge is -2.22. The van der Waals surface area contributed by atoms with Crippen LogP contribution in [0.5, 0.6) is 5.75 Å². The topological polar surface area (TPSA) is 61.7 Å². The first-order valence-corrected chi connectivity index (χ1v) is 7.90. The molecule has 23 heavy (non-hydrogen) atoms. The van der Waals surface area contributed by atoms with Crippen LogP contribution >= 0.6 is 0 Å². The van der Waals surface area contributed by atoms with Gasteiger partial charge in [0.1, 0.15) is 18.5 Å². The summed E-state index contributed by atoms with van der Waals surface area (Å²) in [5.41, 5.74) is 1.98. The molecule has 0 fully saturated rings. The molecule has 0 aliphatic carbocycles. The predicted molar refractivity (Wildman–Crippen MR) is 91.5 cm³/mol. The summed E-state index contributed by atoms with van der Waals surface area (Å²) in [6, 6.07) is 17.1. The molecule has 2 rings (SSSR count). The van der Waals surface area contributed by atoms with E-state index < -0.39 is 12.2 Å². The number of aliphatic hydroxyl groups is 2. The van der Waals surface area contributed by atoms with Crippen molar-refractivity contribution >= 4 is 0 Å². The van der Waals surface area contributed by atoms with Gasteiger partial charge in [0.25, 0.3) is 0 Å². The van der Waals surface area contributed by atoms with Crippen LogP contribution in [0.4, 0.5) is 0 Å². The molecule has 0 spiro atoms. The fourth-order valence-corrected chi connectivity index (χ4v) is 2.33. The van der Waals surface area contributed by atoms with Gasteiger partial charge in [-0.2, -0.15) is 0 Å². The molecule has 2 aromatic carbocycles. The molecular formula is C19H25NO3. The fraction of sp³-hybridized carbons (Fsp3) is 0.368. The molecule has 0 saturated heterocycles. The highest BCUT2D eigenvalue weighted by Gasteiger charge is 2.17. The molecule has 4 nitrogen and oxygen atoms in total. The third kappa shape index (κ3) is 5.67. The first-order chi connectivity index (χ1) is 11.1. The number of rotatable bonds is 8. The molecule has 0 bridgehead atoms. The molecule has 0 unspecified atom stereocenters. The van der Waals surface area contributed by atoms with Gasteiger partial charge in [-0.25, -0.2) is 0 Å². The minimum atomic E-state index is -0.638.